The molecule has 0 unspecified atom stereocenters. The molecule has 3 heterocycles. The molecule has 39 heavy (non-hydrogen) atoms. The summed E-state index contributed by atoms with van der Waals surface area (Å²) in [6.07, 6.45) is 4.25. The van der Waals surface area contributed by atoms with Gasteiger partial charge < -0.3 is 29.7 Å². The Hall–Kier alpha value is -4.37. The highest BCUT2D eigenvalue weighted by molar-refractivity contribution is 7.80. The molecule has 1 amide bonds. The molecule has 2 N–H and O–H groups in total. The fourth-order valence-electron chi connectivity index (χ4n) is 4.89. The number of carbonyl (C=O) groups is 1. The van der Waals surface area contributed by atoms with Crippen LogP contribution in [0, 0.1) is 0 Å². The third-order valence-corrected chi connectivity index (χ3v) is 7.20. The smallest absolute Gasteiger partial charge is 0.224 e. The number of ether oxygens (including phenoxy) is 1. The number of methoxy groups -OCH3 is 1. The minimum absolute atomic E-state index is 0.0781. The van der Waals surface area contributed by atoms with Gasteiger partial charge in [0.25, 0.3) is 0 Å². The highest BCUT2D eigenvalue weighted by atomic mass is 32.1. The first-order valence-corrected chi connectivity index (χ1v) is 13.3. The molecule has 4 aromatic rings. The van der Waals surface area contributed by atoms with Crippen LogP contribution in [0.5, 0.6) is 5.75 Å². The third-order valence-electron chi connectivity index (χ3n) is 6.88. The first kappa shape index (κ1) is 26.2. The maximum absolute atomic E-state index is 12.1. The van der Waals surface area contributed by atoms with Crippen molar-refractivity contribution in [2.45, 2.75) is 25.4 Å². The molecule has 8 nitrogen and oxygen atoms in total. The third kappa shape index (κ3) is 5.18. The van der Waals surface area contributed by atoms with E-state index < -0.39 is 0 Å². The predicted molar refractivity (Wildman–Crippen MR) is 160 cm³/mol. The molecule has 2 aromatic heterocycles. The molecule has 5 rings (SSSR count). The fourth-order valence-corrected chi connectivity index (χ4v) is 5.23. The summed E-state index contributed by atoms with van der Waals surface area (Å²) in [5.41, 5.74) is 5.59. The Bertz CT molecular complexity index is 1470. The maximum atomic E-state index is 12.1. The number of carbonyl (C=O) groups excluding carboxylic acids is 1. The molecule has 2 atom stereocenters. The molecule has 0 bridgehead atoms. The Morgan fingerprint density at radius 2 is 1.85 bits per heavy atom. The Balaban J connectivity index is 1.61. The number of rotatable bonds is 8. The Morgan fingerprint density at radius 3 is 2.51 bits per heavy atom. The van der Waals surface area contributed by atoms with Crippen molar-refractivity contribution >= 4 is 40.3 Å². The summed E-state index contributed by atoms with van der Waals surface area (Å²) in [5, 5.41) is 7.01. The van der Waals surface area contributed by atoms with E-state index in [1.165, 1.54) is 0 Å². The topological polar surface area (TPSA) is 74.7 Å². The van der Waals surface area contributed by atoms with Gasteiger partial charge in [0, 0.05) is 61.7 Å². The second kappa shape index (κ2) is 11.2. The number of hydrogen-bond donors (Lipinski definition) is 2. The molecule has 200 valence electrons. The number of nitrogens with zero attached hydrogens (tertiary/aromatic N) is 4. The second-order valence-electron chi connectivity index (χ2n) is 9.50. The van der Waals surface area contributed by atoms with Gasteiger partial charge in [0.1, 0.15) is 11.8 Å². The van der Waals surface area contributed by atoms with E-state index in [-0.39, 0.29) is 18.0 Å². The molecular formula is C30H32N6O2S. The number of benzene rings is 2. The Labute approximate surface area is 234 Å². The number of amides is 1. The molecule has 1 aliphatic heterocycles. The van der Waals surface area contributed by atoms with Gasteiger partial charge in [-0.2, -0.15) is 0 Å². The molecule has 9 heteroatoms. The first-order valence-electron chi connectivity index (χ1n) is 12.8. The summed E-state index contributed by atoms with van der Waals surface area (Å²) < 4.78 is 7.85. The zero-order chi connectivity index (χ0) is 27.5. The van der Waals surface area contributed by atoms with Crippen LogP contribution < -0.4 is 25.2 Å². The van der Waals surface area contributed by atoms with E-state index in [4.69, 9.17) is 17.0 Å². The van der Waals surface area contributed by atoms with Crippen LogP contribution in [0.4, 0.5) is 17.1 Å². The average Bonchev–Trinajstić information content (AvgIpc) is 3.58. The number of hydrogen-bond acceptors (Lipinski definition) is 5. The van der Waals surface area contributed by atoms with Crippen molar-refractivity contribution in [3.8, 4) is 11.4 Å². The fraction of sp³-hybridized carbons (Fsp3) is 0.233. The van der Waals surface area contributed by atoms with Crippen molar-refractivity contribution in [3.63, 3.8) is 0 Å². The maximum Gasteiger partial charge on any atom is 0.224 e. The van der Waals surface area contributed by atoms with Gasteiger partial charge in [-0.1, -0.05) is 13.0 Å². The zero-order valence-corrected chi connectivity index (χ0v) is 23.3. The van der Waals surface area contributed by atoms with Crippen molar-refractivity contribution < 1.29 is 9.53 Å². The molecule has 2 aromatic carbocycles. The normalized spacial score (nSPS) is 16.6. The summed E-state index contributed by atoms with van der Waals surface area (Å²) in [5.74, 6) is 0.484. The number of pyridine rings is 1. The standard InChI is InChI=1S/C30H32N6O2S/c1-5-27(37)32-23-16-15-22(19-26(23)38-4)36-29(28(33-30(36)39)24-9-6-7-17-31-24)25-10-8-18-35(25)21-13-11-20(12-14-21)34(2)3/h6-19,28-29H,5H2,1-4H3,(H,32,37)(H,33,39)/t28-,29+/m1/s1. The largest absolute Gasteiger partial charge is 0.494 e. The van der Waals surface area contributed by atoms with Crippen LogP contribution >= 0.6 is 12.2 Å². The minimum atomic E-state index is -0.211. The van der Waals surface area contributed by atoms with Gasteiger partial charge in [-0.25, -0.2) is 0 Å². The molecule has 1 saturated heterocycles. The van der Waals surface area contributed by atoms with Crippen molar-refractivity contribution in [1.29, 1.82) is 0 Å². The van der Waals surface area contributed by atoms with Crippen molar-refractivity contribution in [1.82, 2.24) is 14.9 Å². The molecule has 0 aliphatic carbocycles. The Kier molecular flexibility index (Phi) is 7.51. The lowest BCUT2D eigenvalue weighted by Gasteiger charge is -2.29. The first-order chi connectivity index (χ1) is 18.9. The van der Waals surface area contributed by atoms with Crippen LogP contribution in [0.2, 0.25) is 0 Å². The second-order valence-corrected chi connectivity index (χ2v) is 9.88. The zero-order valence-electron chi connectivity index (χ0n) is 22.5. The molecule has 0 radical (unpaired) electrons. The molecule has 1 aliphatic rings. The van der Waals surface area contributed by atoms with Gasteiger partial charge in [-0.15, -0.1) is 0 Å². The van der Waals surface area contributed by atoms with E-state index in [0.717, 1.165) is 28.5 Å². The summed E-state index contributed by atoms with van der Waals surface area (Å²) in [6.45, 7) is 1.82. The predicted octanol–water partition coefficient (Wildman–Crippen LogP) is 5.47. The van der Waals surface area contributed by atoms with E-state index in [0.29, 0.717) is 23.0 Å². The Morgan fingerprint density at radius 1 is 1.08 bits per heavy atom. The highest BCUT2D eigenvalue weighted by Gasteiger charge is 2.42. The van der Waals surface area contributed by atoms with Gasteiger partial charge in [0.05, 0.1) is 24.5 Å². The quantitative estimate of drug-likeness (QED) is 0.287. The van der Waals surface area contributed by atoms with E-state index in [1.807, 2.05) is 63.5 Å². The molecule has 0 spiro atoms. The summed E-state index contributed by atoms with van der Waals surface area (Å²) in [4.78, 5) is 20.9. The van der Waals surface area contributed by atoms with E-state index >= 15 is 0 Å². The van der Waals surface area contributed by atoms with Crippen LogP contribution in [0.3, 0.4) is 0 Å². The SMILES string of the molecule is CCC(=O)Nc1ccc(N2C(=S)N[C@H](c3ccccn3)[C@@H]2c2cccn2-c2ccc(N(C)C)cc2)cc1OC. The molecule has 0 saturated carbocycles. The van der Waals surface area contributed by atoms with Crippen LogP contribution in [-0.2, 0) is 4.79 Å². The van der Waals surface area contributed by atoms with E-state index in [2.05, 4.69) is 66.5 Å². The average molecular weight is 541 g/mol. The molecular weight excluding hydrogens is 508 g/mol. The number of nitrogens with one attached hydrogen (secondary N) is 2. The lowest BCUT2D eigenvalue weighted by molar-refractivity contribution is -0.115. The number of aromatic nitrogens is 2. The van der Waals surface area contributed by atoms with Crippen molar-refractivity contribution in [2.75, 3.05) is 36.3 Å². The van der Waals surface area contributed by atoms with Gasteiger partial charge in [-0.05, 0) is 72.9 Å². The highest BCUT2D eigenvalue weighted by Crippen LogP contribution is 2.44. The summed E-state index contributed by atoms with van der Waals surface area (Å²) in [6, 6.07) is 23.8. The number of thiocarbonyl (C=S) groups is 1. The lowest BCUT2D eigenvalue weighted by Crippen LogP contribution is -2.30. The van der Waals surface area contributed by atoms with Crippen LogP contribution in [0.25, 0.3) is 5.69 Å². The lowest BCUT2D eigenvalue weighted by atomic mass is 10.0. The van der Waals surface area contributed by atoms with E-state index in [1.54, 1.807) is 13.3 Å². The molecule has 1 fully saturated rings. The van der Waals surface area contributed by atoms with E-state index in [9.17, 15) is 4.79 Å². The van der Waals surface area contributed by atoms with Gasteiger partial charge in [0.15, 0.2) is 5.11 Å². The summed E-state index contributed by atoms with van der Waals surface area (Å²) in [7, 11) is 5.66. The number of anilines is 3. The van der Waals surface area contributed by atoms with Crippen molar-refractivity contribution in [2.24, 2.45) is 0 Å². The van der Waals surface area contributed by atoms with Gasteiger partial charge in [-0.3, -0.25) is 9.78 Å². The summed E-state index contributed by atoms with van der Waals surface area (Å²) >= 11 is 5.92. The van der Waals surface area contributed by atoms with Crippen LogP contribution in [0.15, 0.2) is 85.2 Å². The van der Waals surface area contributed by atoms with Gasteiger partial charge in [0.2, 0.25) is 5.91 Å². The minimum Gasteiger partial charge on any atom is -0.494 e. The van der Waals surface area contributed by atoms with Gasteiger partial charge >= 0.3 is 0 Å². The monoisotopic (exact) mass is 540 g/mol. The van der Waals surface area contributed by atoms with Crippen LogP contribution in [-0.4, -0.2) is 41.8 Å². The van der Waals surface area contributed by atoms with Crippen molar-refractivity contribution in [3.05, 3.63) is 96.6 Å². The van der Waals surface area contributed by atoms with Crippen LogP contribution in [0.1, 0.15) is 36.8 Å².